The van der Waals surface area contributed by atoms with Crippen LogP contribution in [0.5, 0.6) is 0 Å². The van der Waals surface area contributed by atoms with Crippen LogP contribution in [0.4, 0.5) is 5.82 Å². The van der Waals surface area contributed by atoms with Crippen LogP contribution in [0.1, 0.15) is 24.7 Å². The zero-order valence-corrected chi connectivity index (χ0v) is 11.1. The number of methoxy groups -OCH3 is 1. The minimum absolute atomic E-state index is 0.235. The van der Waals surface area contributed by atoms with Gasteiger partial charge in [0.2, 0.25) is 0 Å². The summed E-state index contributed by atoms with van der Waals surface area (Å²) in [4.78, 5) is 19.7. The summed E-state index contributed by atoms with van der Waals surface area (Å²) in [5.41, 5.74) is 6.63. The first-order valence-electron chi connectivity index (χ1n) is 5.41. The molecular formula is C11H17N3O2S. The molecule has 1 rings (SSSR count). The van der Waals surface area contributed by atoms with E-state index in [1.807, 2.05) is 6.92 Å². The standard InChI is InChI=1S/C11H17N3O2S/c1-4-5-8-13-10(12)7(2)11(14-8)17-6-9(15)16-3/h4-6H2,1-3H3,(H2,12,13,14). The predicted molar refractivity (Wildman–Crippen MR) is 67.9 cm³/mol. The van der Waals surface area contributed by atoms with Gasteiger partial charge >= 0.3 is 5.97 Å². The molecule has 1 aromatic rings. The molecule has 5 nitrogen and oxygen atoms in total. The number of thioether (sulfide) groups is 1. The second-order valence-electron chi connectivity index (χ2n) is 3.57. The maximum Gasteiger partial charge on any atom is 0.316 e. The lowest BCUT2D eigenvalue weighted by molar-refractivity contribution is -0.137. The Bertz CT molecular complexity index is 410. The Kier molecular flexibility index (Phi) is 5.21. The van der Waals surface area contributed by atoms with E-state index < -0.39 is 0 Å². The molecule has 0 bridgehead atoms. The van der Waals surface area contributed by atoms with Crippen molar-refractivity contribution in [1.29, 1.82) is 0 Å². The molecule has 6 heteroatoms. The molecule has 2 N–H and O–H groups in total. The molecule has 0 atom stereocenters. The van der Waals surface area contributed by atoms with Gasteiger partial charge in [-0.2, -0.15) is 0 Å². The van der Waals surface area contributed by atoms with Crippen molar-refractivity contribution in [1.82, 2.24) is 9.97 Å². The van der Waals surface area contributed by atoms with Crippen molar-refractivity contribution in [3.05, 3.63) is 11.4 Å². The summed E-state index contributed by atoms with van der Waals surface area (Å²) in [6.07, 6.45) is 1.75. The fourth-order valence-corrected chi connectivity index (χ4v) is 2.08. The van der Waals surface area contributed by atoms with Gasteiger partial charge in [0.15, 0.2) is 0 Å². The molecule has 0 fully saturated rings. The number of anilines is 1. The quantitative estimate of drug-likeness (QED) is 0.489. The van der Waals surface area contributed by atoms with E-state index in [-0.39, 0.29) is 11.7 Å². The summed E-state index contributed by atoms with van der Waals surface area (Å²) in [5, 5.41) is 0.756. The zero-order chi connectivity index (χ0) is 12.8. The van der Waals surface area contributed by atoms with E-state index in [2.05, 4.69) is 21.6 Å². The van der Waals surface area contributed by atoms with Gasteiger partial charge in [-0.25, -0.2) is 9.97 Å². The number of carbonyl (C=O) groups excluding carboxylic acids is 1. The highest BCUT2D eigenvalue weighted by atomic mass is 32.2. The predicted octanol–water partition coefficient (Wildman–Crippen LogP) is 1.58. The molecule has 0 saturated carbocycles. The molecule has 0 unspecified atom stereocenters. The van der Waals surface area contributed by atoms with Crippen LogP contribution in [0.25, 0.3) is 0 Å². The first kappa shape index (κ1) is 13.8. The van der Waals surface area contributed by atoms with Crippen molar-refractivity contribution in [2.75, 3.05) is 18.6 Å². The van der Waals surface area contributed by atoms with Crippen LogP contribution < -0.4 is 5.73 Å². The van der Waals surface area contributed by atoms with Crippen molar-refractivity contribution in [3.63, 3.8) is 0 Å². The molecular weight excluding hydrogens is 238 g/mol. The molecule has 1 aromatic heterocycles. The smallest absolute Gasteiger partial charge is 0.316 e. The van der Waals surface area contributed by atoms with Gasteiger partial charge in [0, 0.05) is 12.0 Å². The Balaban J connectivity index is 2.85. The van der Waals surface area contributed by atoms with Crippen LogP contribution in [0.3, 0.4) is 0 Å². The Morgan fingerprint density at radius 3 is 2.76 bits per heavy atom. The number of rotatable bonds is 5. The third-order valence-corrected chi connectivity index (χ3v) is 3.26. The number of carbonyl (C=O) groups is 1. The van der Waals surface area contributed by atoms with E-state index in [4.69, 9.17) is 5.73 Å². The summed E-state index contributed by atoms with van der Waals surface area (Å²) in [5.74, 6) is 1.17. The van der Waals surface area contributed by atoms with Gasteiger partial charge in [0.05, 0.1) is 12.9 Å². The number of nitrogens with two attached hydrogens (primary N) is 1. The molecule has 0 aromatic carbocycles. The van der Waals surface area contributed by atoms with Crippen molar-refractivity contribution < 1.29 is 9.53 Å². The summed E-state index contributed by atoms with van der Waals surface area (Å²) >= 11 is 1.33. The summed E-state index contributed by atoms with van der Waals surface area (Å²) in [7, 11) is 1.37. The highest BCUT2D eigenvalue weighted by molar-refractivity contribution is 7.99. The molecule has 0 aliphatic carbocycles. The molecule has 0 radical (unpaired) electrons. The van der Waals surface area contributed by atoms with E-state index in [1.165, 1.54) is 18.9 Å². The van der Waals surface area contributed by atoms with E-state index in [1.54, 1.807) is 0 Å². The third kappa shape index (κ3) is 3.89. The average molecular weight is 255 g/mol. The minimum atomic E-state index is -0.274. The average Bonchev–Trinajstić information content (AvgIpc) is 2.31. The van der Waals surface area contributed by atoms with Crippen molar-refractivity contribution in [2.24, 2.45) is 0 Å². The second-order valence-corrected chi connectivity index (χ2v) is 4.53. The molecule has 17 heavy (non-hydrogen) atoms. The molecule has 0 aliphatic rings. The second kappa shape index (κ2) is 6.44. The van der Waals surface area contributed by atoms with E-state index in [0.717, 1.165) is 29.3 Å². The van der Waals surface area contributed by atoms with E-state index in [0.29, 0.717) is 5.82 Å². The first-order valence-corrected chi connectivity index (χ1v) is 6.39. The van der Waals surface area contributed by atoms with Crippen molar-refractivity contribution in [3.8, 4) is 0 Å². The van der Waals surface area contributed by atoms with E-state index in [9.17, 15) is 4.79 Å². The number of aryl methyl sites for hydroxylation is 1. The summed E-state index contributed by atoms with van der Waals surface area (Å²) < 4.78 is 4.59. The maximum absolute atomic E-state index is 11.1. The van der Waals surface area contributed by atoms with Gasteiger partial charge in [0.25, 0.3) is 0 Å². The fraction of sp³-hybridized carbons (Fsp3) is 0.545. The Hall–Kier alpha value is -1.30. The Morgan fingerprint density at radius 1 is 1.47 bits per heavy atom. The highest BCUT2D eigenvalue weighted by Gasteiger charge is 2.11. The van der Waals surface area contributed by atoms with E-state index >= 15 is 0 Å². The van der Waals surface area contributed by atoms with Gasteiger partial charge in [0.1, 0.15) is 16.7 Å². The lowest BCUT2D eigenvalue weighted by Crippen LogP contribution is -2.07. The SMILES string of the molecule is CCCc1nc(N)c(C)c(SCC(=O)OC)n1. The summed E-state index contributed by atoms with van der Waals surface area (Å²) in [6, 6.07) is 0. The van der Waals surface area contributed by atoms with Crippen LogP contribution in [-0.2, 0) is 16.0 Å². The maximum atomic E-state index is 11.1. The molecule has 1 heterocycles. The van der Waals surface area contributed by atoms with Gasteiger partial charge < -0.3 is 10.5 Å². The zero-order valence-electron chi connectivity index (χ0n) is 10.3. The number of hydrogen-bond donors (Lipinski definition) is 1. The number of hydrogen-bond acceptors (Lipinski definition) is 6. The van der Waals surface area contributed by atoms with Gasteiger partial charge in [-0.15, -0.1) is 0 Å². The molecule has 94 valence electrons. The molecule has 0 aliphatic heterocycles. The fourth-order valence-electron chi connectivity index (χ4n) is 1.22. The summed E-state index contributed by atoms with van der Waals surface area (Å²) in [6.45, 7) is 3.91. The topological polar surface area (TPSA) is 78.1 Å². The normalized spacial score (nSPS) is 10.3. The third-order valence-electron chi connectivity index (χ3n) is 2.21. The van der Waals surface area contributed by atoms with Crippen LogP contribution in [0.15, 0.2) is 5.03 Å². The number of nitrogens with zero attached hydrogens (tertiary/aromatic N) is 2. The van der Waals surface area contributed by atoms with Gasteiger partial charge in [-0.3, -0.25) is 4.79 Å². The molecule has 0 amide bonds. The number of ether oxygens (including phenoxy) is 1. The van der Waals surface area contributed by atoms with Crippen molar-refractivity contribution >= 4 is 23.5 Å². The van der Waals surface area contributed by atoms with Gasteiger partial charge in [-0.05, 0) is 13.3 Å². The number of esters is 1. The molecule has 0 spiro atoms. The van der Waals surface area contributed by atoms with Crippen LogP contribution in [0, 0.1) is 6.92 Å². The minimum Gasteiger partial charge on any atom is -0.468 e. The van der Waals surface area contributed by atoms with Crippen LogP contribution in [0.2, 0.25) is 0 Å². The molecule has 0 saturated heterocycles. The van der Waals surface area contributed by atoms with Gasteiger partial charge in [-0.1, -0.05) is 18.7 Å². The lowest BCUT2D eigenvalue weighted by Gasteiger charge is -2.08. The first-order chi connectivity index (χ1) is 8.08. The Labute approximate surface area is 105 Å². The van der Waals surface area contributed by atoms with Crippen LogP contribution in [-0.4, -0.2) is 28.8 Å². The van der Waals surface area contributed by atoms with Crippen molar-refractivity contribution in [2.45, 2.75) is 31.7 Å². The lowest BCUT2D eigenvalue weighted by atomic mass is 10.3. The van der Waals surface area contributed by atoms with Crippen LogP contribution >= 0.6 is 11.8 Å². The Morgan fingerprint density at radius 2 is 2.18 bits per heavy atom. The number of aromatic nitrogens is 2. The number of nitrogen functional groups attached to an aromatic ring is 1. The monoisotopic (exact) mass is 255 g/mol. The highest BCUT2D eigenvalue weighted by Crippen LogP contribution is 2.23. The largest absolute Gasteiger partial charge is 0.468 e.